The Balaban J connectivity index is 2.97. The molecule has 0 aliphatic rings. The van der Waals surface area contributed by atoms with Gasteiger partial charge in [-0.05, 0) is 17.7 Å². The number of benzene rings is 1. The molecule has 6 nitrogen and oxygen atoms in total. The van der Waals surface area contributed by atoms with Crippen LogP contribution in [-0.2, 0) is 14.8 Å². The first-order valence-electron chi connectivity index (χ1n) is 5.21. The van der Waals surface area contributed by atoms with E-state index in [0.717, 1.165) is 6.26 Å². The molecule has 0 aliphatic heterocycles. The second kappa shape index (κ2) is 5.83. The maximum Gasteiger partial charge on any atom is 0.219 e. The van der Waals surface area contributed by atoms with Crippen molar-refractivity contribution in [3.8, 4) is 5.75 Å². The number of nitrogens with two attached hydrogens (primary N) is 1. The Morgan fingerprint density at radius 3 is 2.33 bits per heavy atom. The number of hydrogen-bond acceptors (Lipinski definition) is 4. The van der Waals surface area contributed by atoms with Crippen LogP contribution in [0.5, 0.6) is 5.75 Å². The van der Waals surface area contributed by atoms with E-state index in [1.165, 1.54) is 7.11 Å². The second-order valence-electron chi connectivity index (χ2n) is 3.89. The molecule has 1 aromatic carbocycles. The molecule has 0 unspecified atom stereocenters. The molecule has 0 saturated carbocycles. The Morgan fingerprint density at radius 1 is 1.39 bits per heavy atom. The van der Waals surface area contributed by atoms with Crippen molar-refractivity contribution < 1.29 is 17.9 Å². The number of hydrogen-bond donors (Lipinski definition) is 2. The molecular formula is C11H16N2O4S. The Hall–Kier alpha value is -1.60. The minimum atomic E-state index is -3.42. The lowest BCUT2D eigenvalue weighted by molar-refractivity contribution is -0.118. The van der Waals surface area contributed by atoms with Crippen LogP contribution in [0, 0.1) is 0 Å². The van der Waals surface area contributed by atoms with Gasteiger partial charge in [0.1, 0.15) is 5.75 Å². The smallest absolute Gasteiger partial charge is 0.219 e. The highest BCUT2D eigenvalue weighted by Crippen LogP contribution is 2.20. The van der Waals surface area contributed by atoms with E-state index in [1.807, 2.05) is 0 Å². The summed E-state index contributed by atoms with van der Waals surface area (Å²) >= 11 is 0. The van der Waals surface area contributed by atoms with Gasteiger partial charge < -0.3 is 10.5 Å². The fourth-order valence-corrected chi connectivity index (χ4v) is 2.26. The van der Waals surface area contributed by atoms with Crippen molar-refractivity contribution in [2.24, 2.45) is 5.73 Å². The van der Waals surface area contributed by atoms with Gasteiger partial charge >= 0.3 is 0 Å². The highest BCUT2D eigenvalue weighted by Gasteiger charge is 2.18. The van der Waals surface area contributed by atoms with Crippen molar-refractivity contribution in [3.63, 3.8) is 0 Å². The van der Waals surface area contributed by atoms with Gasteiger partial charge in [-0.2, -0.15) is 0 Å². The van der Waals surface area contributed by atoms with Crippen molar-refractivity contribution in [1.29, 1.82) is 0 Å². The summed E-state index contributed by atoms with van der Waals surface area (Å²) in [6.07, 6.45) is 0.934. The van der Waals surface area contributed by atoms with E-state index < -0.39 is 22.0 Å². The highest BCUT2D eigenvalue weighted by atomic mass is 32.2. The number of primary amides is 1. The Bertz CT molecular complexity index is 510. The predicted molar refractivity (Wildman–Crippen MR) is 67.5 cm³/mol. The van der Waals surface area contributed by atoms with Crippen LogP contribution in [0.25, 0.3) is 0 Å². The summed E-state index contributed by atoms with van der Waals surface area (Å²) in [5.41, 5.74) is 5.76. The molecule has 7 heteroatoms. The van der Waals surface area contributed by atoms with Crippen LogP contribution in [0.1, 0.15) is 18.0 Å². The van der Waals surface area contributed by atoms with Gasteiger partial charge in [-0.25, -0.2) is 13.1 Å². The summed E-state index contributed by atoms with van der Waals surface area (Å²) < 4.78 is 29.8. The molecule has 0 aromatic heterocycles. The molecule has 0 heterocycles. The molecule has 1 amide bonds. The van der Waals surface area contributed by atoms with Crippen molar-refractivity contribution in [2.75, 3.05) is 13.4 Å². The van der Waals surface area contributed by atoms with Gasteiger partial charge in [0, 0.05) is 6.42 Å². The number of methoxy groups -OCH3 is 1. The van der Waals surface area contributed by atoms with E-state index in [2.05, 4.69) is 4.72 Å². The Labute approximate surface area is 106 Å². The normalized spacial score (nSPS) is 13.0. The molecule has 0 fully saturated rings. The van der Waals surface area contributed by atoms with Crippen molar-refractivity contribution >= 4 is 15.9 Å². The van der Waals surface area contributed by atoms with Gasteiger partial charge in [0.15, 0.2) is 0 Å². The first kappa shape index (κ1) is 14.5. The summed E-state index contributed by atoms with van der Waals surface area (Å²) in [6.45, 7) is 0. The standard InChI is InChI=1S/C11H16N2O4S/c1-17-9-5-3-8(4-6-9)10(7-11(12)14)13-18(2,15)16/h3-6,10,13H,7H2,1-2H3,(H2,12,14)/t10-/m0/s1. The maximum absolute atomic E-state index is 11.2. The molecule has 0 radical (unpaired) electrons. The lowest BCUT2D eigenvalue weighted by atomic mass is 10.0. The van der Waals surface area contributed by atoms with Crippen LogP contribution in [-0.4, -0.2) is 27.7 Å². The fourth-order valence-electron chi connectivity index (χ4n) is 1.52. The molecule has 100 valence electrons. The third kappa shape index (κ3) is 4.72. The summed E-state index contributed by atoms with van der Waals surface area (Å²) in [5.74, 6) is 0.0721. The number of rotatable bonds is 6. The van der Waals surface area contributed by atoms with E-state index in [-0.39, 0.29) is 6.42 Å². The van der Waals surface area contributed by atoms with E-state index in [0.29, 0.717) is 11.3 Å². The fraction of sp³-hybridized carbons (Fsp3) is 0.364. The van der Waals surface area contributed by atoms with E-state index in [9.17, 15) is 13.2 Å². The molecule has 0 spiro atoms. The monoisotopic (exact) mass is 272 g/mol. The summed E-state index contributed by atoms with van der Waals surface area (Å²) in [6, 6.07) is 6.08. The van der Waals surface area contributed by atoms with Gasteiger partial charge in [0.25, 0.3) is 0 Å². The number of nitrogens with one attached hydrogen (secondary N) is 1. The quantitative estimate of drug-likeness (QED) is 0.770. The highest BCUT2D eigenvalue weighted by molar-refractivity contribution is 7.88. The molecule has 0 bridgehead atoms. The predicted octanol–water partition coefficient (Wildman–Crippen LogP) is 0.161. The minimum absolute atomic E-state index is 0.0978. The van der Waals surface area contributed by atoms with Crippen LogP contribution in [0.3, 0.4) is 0 Å². The van der Waals surface area contributed by atoms with Gasteiger partial charge in [0.2, 0.25) is 15.9 Å². The molecule has 1 atom stereocenters. The topological polar surface area (TPSA) is 98.5 Å². The van der Waals surface area contributed by atoms with E-state index >= 15 is 0 Å². The van der Waals surface area contributed by atoms with Crippen molar-refractivity contribution in [3.05, 3.63) is 29.8 Å². The van der Waals surface area contributed by atoms with Crippen LogP contribution in [0.15, 0.2) is 24.3 Å². The summed E-state index contributed by atoms with van der Waals surface area (Å²) in [5, 5.41) is 0. The van der Waals surface area contributed by atoms with Crippen LogP contribution in [0.4, 0.5) is 0 Å². The van der Waals surface area contributed by atoms with Gasteiger partial charge in [0.05, 0.1) is 19.4 Å². The molecule has 0 saturated heterocycles. The number of amides is 1. The first-order valence-corrected chi connectivity index (χ1v) is 7.10. The van der Waals surface area contributed by atoms with Gasteiger partial charge in [-0.15, -0.1) is 0 Å². The first-order chi connectivity index (χ1) is 8.31. The molecule has 1 aromatic rings. The summed E-state index contributed by atoms with van der Waals surface area (Å²) in [4.78, 5) is 11.0. The largest absolute Gasteiger partial charge is 0.497 e. The molecular weight excluding hydrogens is 256 g/mol. The van der Waals surface area contributed by atoms with Crippen LogP contribution in [0.2, 0.25) is 0 Å². The zero-order chi connectivity index (χ0) is 13.8. The van der Waals surface area contributed by atoms with E-state index in [1.54, 1.807) is 24.3 Å². The minimum Gasteiger partial charge on any atom is -0.497 e. The lowest BCUT2D eigenvalue weighted by Crippen LogP contribution is -2.30. The van der Waals surface area contributed by atoms with Crippen molar-refractivity contribution in [1.82, 2.24) is 4.72 Å². The lowest BCUT2D eigenvalue weighted by Gasteiger charge is -2.16. The maximum atomic E-state index is 11.2. The molecule has 1 rings (SSSR count). The summed E-state index contributed by atoms with van der Waals surface area (Å²) in [7, 11) is -1.89. The number of carbonyl (C=O) groups is 1. The zero-order valence-electron chi connectivity index (χ0n) is 10.2. The van der Waals surface area contributed by atoms with Crippen LogP contribution >= 0.6 is 0 Å². The number of carbonyl (C=O) groups excluding carboxylic acids is 1. The third-order valence-corrected chi connectivity index (χ3v) is 2.99. The van der Waals surface area contributed by atoms with Gasteiger partial charge in [-0.3, -0.25) is 4.79 Å². The van der Waals surface area contributed by atoms with Crippen molar-refractivity contribution in [2.45, 2.75) is 12.5 Å². The third-order valence-electron chi connectivity index (χ3n) is 2.28. The van der Waals surface area contributed by atoms with E-state index in [4.69, 9.17) is 10.5 Å². The van der Waals surface area contributed by atoms with Crippen LogP contribution < -0.4 is 15.2 Å². The Morgan fingerprint density at radius 2 is 1.94 bits per heavy atom. The van der Waals surface area contributed by atoms with Gasteiger partial charge in [-0.1, -0.05) is 12.1 Å². The number of sulfonamides is 1. The molecule has 0 aliphatic carbocycles. The average molecular weight is 272 g/mol. The average Bonchev–Trinajstić information content (AvgIpc) is 2.26. The molecule has 3 N–H and O–H groups in total. The zero-order valence-corrected chi connectivity index (χ0v) is 11.0. The number of ether oxygens (including phenoxy) is 1. The molecule has 18 heavy (non-hydrogen) atoms. The SMILES string of the molecule is COc1ccc([C@H](CC(N)=O)NS(C)(=O)=O)cc1. The second-order valence-corrected chi connectivity index (χ2v) is 5.67. The Kier molecular flexibility index (Phi) is 4.69.